The highest BCUT2D eigenvalue weighted by Gasteiger charge is 2.65. The molecule has 0 aromatic heterocycles. The highest BCUT2D eigenvalue weighted by atomic mass is 16.4. The zero-order valence-corrected chi connectivity index (χ0v) is 7.62. The monoisotopic (exact) mass is 181 g/mol. The Morgan fingerprint density at radius 3 is 2.69 bits per heavy atom. The molecule has 0 heterocycles. The lowest BCUT2D eigenvalue weighted by atomic mass is 9.69. The smallest absolute Gasteiger partial charge is 0.309 e. The maximum Gasteiger partial charge on any atom is 0.309 e. The third kappa shape index (κ3) is 0.766. The van der Waals surface area contributed by atoms with Crippen LogP contribution in [0.15, 0.2) is 0 Å². The van der Waals surface area contributed by atoms with Crippen LogP contribution in [0.4, 0.5) is 0 Å². The summed E-state index contributed by atoms with van der Waals surface area (Å²) < 4.78 is 0. The number of nitrogens with two attached hydrogens (primary N) is 1. The first-order valence-electron chi connectivity index (χ1n) is 5.06. The van der Waals surface area contributed by atoms with E-state index in [1.54, 1.807) is 0 Å². The molecule has 0 amide bonds. The molecule has 3 N–H and O–H groups in total. The molecule has 13 heavy (non-hydrogen) atoms. The summed E-state index contributed by atoms with van der Waals surface area (Å²) in [4.78, 5) is 11.2. The zero-order valence-electron chi connectivity index (χ0n) is 7.62. The Morgan fingerprint density at radius 1 is 1.38 bits per heavy atom. The maximum atomic E-state index is 11.2. The predicted octanol–water partition coefficient (Wildman–Crippen LogP) is 0.979. The molecule has 3 nitrogen and oxygen atoms in total. The first-order valence-corrected chi connectivity index (χ1v) is 5.06. The number of carboxylic acids is 1. The van der Waals surface area contributed by atoms with Gasteiger partial charge in [-0.05, 0) is 43.9 Å². The van der Waals surface area contributed by atoms with Gasteiger partial charge < -0.3 is 10.8 Å². The van der Waals surface area contributed by atoms with Crippen molar-refractivity contribution in [1.29, 1.82) is 0 Å². The van der Waals surface area contributed by atoms with Crippen LogP contribution in [-0.4, -0.2) is 16.6 Å². The van der Waals surface area contributed by atoms with Gasteiger partial charge >= 0.3 is 5.97 Å². The van der Waals surface area contributed by atoms with Crippen LogP contribution in [-0.2, 0) is 4.79 Å². The summed E-state index contributed by atoms with van der Waals surface area (Å²) in [6, 6.07) is 0. The van der Waals surface area contributed by atoms with Gasteiger partial charge in [0.05, 0.1) is 5.41 Å². The van der Waals surface area contributed by atoms with Crippen molar-refractivity contribution < 1.29 is 9.90 Å². The minimum atomic E-state index is -0.603. The first-order chi connectivity index (χ1) is 6.04. The molecule has 0 radical (unpaired) electrons. The van der Waals surface area contributed by atoms with E-state index in [-0.39, 0.29) is 5.54 Å². The molecule has 72 valence electrons. The van der Waals surface area contributed by atoms with E-state index in [2.05, 4.69) is 0 Å². The molecule has 4 unspecified atom stereocenters. The van der Waals surface area contributed by atoms with Crippen LogP contribution < -0.4 is 5.73 Å². The second kappa shape index (κ2) is 1.92. The molecule has 0 spiro atoms. The average molecular weight is 181 g/mol. The van der Waals surface area contributed by atoms with Gasteiger partial charge in [-0.25, -0.2) is 0 Å². The van der Waals surface area contributed by atoms with Crippen molar-refractivity contribution in [2.24, 2.45) is 23.0 Å². The lowest BCUT2D eigenvalue weighted by Gasteiger charge is -2.36. The van der Waals surface area contributed by atoms with Gasteiger partial charge in [0.15, 0.2) is 0 Å². The Labute approximate surface area is 77.3 Å². The molecule has 4 atom stereocenters. The number of carboxylic acid groups (broad SMARTS) is 1. The highest BCUT2D eigenvalue weighted by Crippen LogP contribution is 2.65. The molecule has 4 bridgehead atoms. The van der Waals surface area contributed by atoms with Crippen LogP contribution in [0.25, 0.3) is 0 Å². The molecule has 4 rings (SSSR count). The number of hydrogen-bond donors (Lipinski definition) is 2. The van der Waals surface area contributed by atoms with Crippen molar-refractivity contribution in [3.05, 3.63) is 0 Å². The van der Waals surface area contributed by atoms with Crippen LogP contribution in [0.3, 0.4) is 0 Å². The fourth-order valence-electron chi connectivity index (χ4n) is 4.22. The zero-order chi connectivity index (χ0) is 9.27. The second-order valence-corrected chi connectivity index (χ2v) is 5.41. The Morgan fingerprint density at radius 2 is 2.15 bits per heavy atom. The Kier molecular flexibility index (Phi) is 1.15. The fraction of sp³-hybridized carbons (Fsp3) is 0.900. The van der Waals surface area contributed by atoms with E-state index in [4.69, 9.17) is 5.73 Å². The number of aliphatic carboxylic acids is 1. The third-order valence-electron chi connectivity index (χ3n) is 4.54. The van der Waals surface area contributed by atoms with Crippen LogP contribution in [0, 0.1) is 17.3 Å². The van der Waals surface area contributed by atoms with Gasteiger partial charge in [-0.15, -0.1) is 0 Å². The normalized spacial score (nSPS) is 57.3. The van der Waals surface area contributed by atoms with Gasteiger partial charge in [0.25, 0.3) is 0 Å². The lowest BCUT2D eigenvalue weighted by molar-refractivity contribution is -0.152. The molecular weight excluding hydrogens is 166 g/mol. The number of hydrogen-bond acceptors (Lipinski definition) is 2. The van der Waals surface area contributed by atoms with Gasteiger partial charge in [-0.1, -0.05) is 0 Å². The molecule has 4 aliphatic rings. The molecule has 0 saturated heterocycles. The molecule has 4 fully saturated rings. The maximum absolute atomic E-state index is 11.2. The highest BCUT2D eigenvalue weighted by molar-refractivity contribution is 5.76. The van der Waals surface area contributed by atoms with Crippen molar-refractivity contribution in [1.82, 2.24) is 0 Å². The molecule has 0 aromatic rings. The summed E-state index contributed by atoms with van der Waals surface area (Å²) in [6.07, 6.45) is 4.72. The van der Waals surface area contributed by atoms with Crippen molar-refractivity contribution >= 4 is 5.97 Å². The number of carbonyl (C=O) groups is 1. The van der Waals surface area contributed by atoms with E-state index >= 15 is 0 Å². The van der Waals surface area contributed by atoms with Crippen LogP contribution in [0.2, 0.25) is 0 Å². The third-order valence-corrected chi connectivity index (χ3v) is 4.54. The minimum Gasteiger partial charge on any atom is -0.481 e. The minimum absolute atomic E-state index is 0.110. The summed E-state index contributed by atoms with van der Waals surface area (Å²) in [5, 5.41) is 9.21. The van der Waals surface area contributed by atoms with E-state index in [1.807, 2.05) is 0 Å². The van der Waals surface area contributed by atoms with E-state index in [1.165, 1.54) is 6.42 Å². The van der Waals surface area contributed by atoms with Crippen LogP contribution in [0.1, 0.15) is 32.1 Å². The van der Waals surface area contributed by atoms with Gasteiger partial charge in [-0.3, -0.25) is 4.79 Å². The molecule has 4 saturated carbocycles. The summed E-state index contributed by atoms with van der Waals surface area (Å²) in [5.74, 6) is 0.505. The summed E-state index contributed by atoms with van der Waals surface area (Å²) in [6.45, 7) is 0. The Balaban J connectivity index is 2.03. The second-order valence-electron chi connectivity index (χ2n) is 5.41. The predicted molar refractivity (Wildman–Crippen MR) is 47.1 cm³/mol. The first kappa shape index (κ1) is 7.80. The summed E-state index contributed by atoms with van der Waals surface area (Å²) in [7, 11) is 0. The van der Waals surface area contributed by atoms with E-state index in [0.29, 0.717) is 11.8 Å². The topological polar surface area (TPSA) is 63.3 Å². The van der Waals surface area contributed by atoms with Crippen molar-refractivity contribution in [2.75, 3.05) is 0 Å². The van der Waals surface area contributed by atoms with Gasteiger partial charge in [0.1, 0.15) is 0 Å². The summed E-state index contributed by atoms with van der Waals surface area (Å²) in [5.41, 5.74) is 5.71. The van der Waals surface area contributed by atoms with E-state index < -0.39 is 11.4 Å². The van der Waals surface area contributed by atoms with E-state index in [0.717, 1.165) is 25.7 Å². The number of rotatable bonds is 1. The van der Waals surface area contributed by atoms with Gasteiger partial charge in [-0.2, -0.15) is 0 Å². The molecule has 3 heteroatoms. The summed E-state index contributed by atoms with van der Waals surface area (Å²) >= 11 is 0. The quantitative estimate of drug-likeness (QED) is 0.633. The largest absolute Gasteiger partial charge is 0.481 e. The lowest BCUT2D eigenvalue weighted by Crippen LogP contribution is -2.44. The standard InChI is InChI=1S/C10H15NO2/c11-10-3-6-1-7(10)4-9(2-6,5-10)8(12)13/h6-7H,1-5,11H2,(H,12,13). The van der Waals surface area contributed by atoms with Crippen LogP contribution >= 0.6 is 0 Å². The van der Waals surface area contributed by atoms with Gasteiger partial charge in [0.2, 0.25) is 0 Å². The average Bonchev–Trinajstić information content (AvgIpc) is 2.32. The molecule has 0 aromatic carbocycles. The molecule has 4 aliphatic carbocycles. The Bertz CT molecular complexity index is 291. The van der Waals surface area contributed by atoms with Crippen molar-refractivity contribution in [2.45, 2.75) is 37.6 Å². The van der Waals surface area contributed by atoms with E-state index in [9.17, 15) is 9.90 Å². The molecular formula is C10H15NO2. The SMILES string of the molecule is NC12CC3CC1CC(C(=O)O)(C3)C2. The van der Waals surface area contributed by atoms with Crippen molar-refractivity contribution in [3.63, 3.8) is 0 Å². The Hall–Kier alpha value is -0.570. The van der Waals surface area contributed by atoms with Crippen molar-refractivity contribution in [3.8, 4) is 0 Å². The fourth-order valence-corrected chi connectivity index (χ4v) is 4.22. The van der Waals surface area contributed by atoms with Crippen LogP contribution in [0.5, 0.6) is 0 Å². The van der Waals surface area contributed by atoms with Gasteiger partial charge in [0, 0.05) is 5.54 Å². The molecule has 0 aliphatic heterocycles.